The number of aryl methyl sites for hydroxylation is 1. The minimum absolute atomic E-state index is 0.0919. The first-order valence-electron chi connectivity index (χ1n) is 6.74. The van der Waals surface area contributed by atoms with Gasteiger partial charge in [0.15, 0.2) is 11.5 Å². The second kappa shape index (κ2) is 6.81. The van der Waals surface area contributed by atoms with Crippen LogP contribution in [0.4, 0.5) is 13.2 Å². The molecule has 2 aromatic rings. The average molecular weight is 344 g/mol. The maximum Gasteiger partial charge on any atom is 0.429 e. The summed E-state index contributed by atoms with van der Waals surface area (Å²) in [5.74, 6) is -0.590. The third-order valence-corrected chi connectivity index (χ3v) is 3.17. The van der Waals surface area contributed by atoms with Gasteiger partial charge >= 0.3 is 12.1 Å². The Labute approximate surface area is 135 Å². The number of carbonyl (C=O) groups is 1. The number of esters is 1. The van der Waals surface area contributed by atoms with Crippen LogP contribution in [0.15, 0.2) is 30.6 Å². The van der Waals surface area contributed by atoms with Crippen molar-refractivity contribution in [3.05, 3.63) is 41.7 Å². The normalized spacial score (nSPS) is 12.6. The molecule has 1 aromatic carbocycles. The van der Waals surface area contributed by atoms with Crippen LogP contribution >= 0.6 is 0 Å². The topological polar surface area (TPSA) is 62.6 Å². The summed E-state index contributed by atoms with van der Waals surface area (Å²) < 4.78 is 55.5. The number of hydrogen-bond donors (Lipinski definition) is 0. The largest absolute Gasteiger partial charge is 0.493 e. The van der Waals surface area contributed by atoms with Gasteiger partial charge in [0.25, 0.3) is 0 Å². The Morgan fingerprint density at radius 1 is 1.21 bits per heavy atom. The number of nitrogens with zero attached hydrogens (tertiary/aromatic N) is 2. The van der Waals surface area contributed by atoms with E-state index in [0.29, 0.717) is 5.75 Å². The van der Waals surface area contributed by atoms with Gasteiger partial charge in [0.2, 0.25) is 6.10 Å². The van der Waals surface area contributed by atoms with Crippen molar-refractivity contribution >= 4 is 5.97 Å². The third kappa shape index (κ3) is 3.79. The summed E-state index contributed by atoms with van der Waals surface area (Å²) in [6.07, 6.45) is -5.04. The molecule has 0 amide bonds. The van der Waals surface area contributed by atoms with Crippen LogP contribution in [0.5, 0.6) is 11.5 Å². The highest BCUT2D eigenvalue weighted by Crippen LogP contribution is 2.37. The maximum absolute atomic E-state index is 13.2. The Hall–Kier alpha value is -2.71. The minimum Gasteiger partial charge on any atom is -0.493 e. The molecule has 24 heavy (non-hydrogen) atoms. The summed E-state index contributed by atoms with van der Waals surface area (Å²) in [6.45, 7) is 0. The van der Waals surface area contributed by atoms with Crippen molar-refractivity contribution < 1.29 is 32.2 Å². The number of ether oxygens (including phenoxy) is 3. The molecule has 0 aliphatic carbocycles. The molecule has 9 heteroatoms. The molecule has 0 fully saturated rings. The summed E-state index contributed by atoms with van der Waals surface area (Å²) in [5, 5.41) is 3.67. The number of rotatable bonds is 5. The molecule has 0 saturated carbocycles. The molecule has 0 saturated heterocycles. The first-order chi connectivity index (χ1) is 11.3. The van der Waals surface area contributed by atoms with Crippen LogP contribution in [0.1, 0.15) is 22.0 Å². The minimum atomic E-state index is -4.77. The predicted octanol–water partition coefficient (Wildman–Crippen LogP) is 2.90. The summed E-state index contributed by atoms with van der Waals surface area (Å²) in [6, 6.07) is 3.94. The molecular formula is C15H15F3N2O4. The quantitative estimate of drug-likeness (QED) is 0.781. The van der Waals surface area contributed by atoms with Gasteiger partial charge in [-0.1, -0.05) is 0 Å². The fourth-order valence-corrected chi connectivity index (χ4v) is 2.04. The van der Waals surface area contributed by atoms with Crippen LogP contribution in [-0.4, -0.2) is 36.1 Å². The van der Waals surface area contributed by atoms with E-state index in [1.165, 1.54) is 44.1 Å². The molecule has 2 rings (SSSR count). The molecule has 1 atom stereocenters. The molecule has 0 aliphatic rings. The van der Waals surface area contributed by atoms with Crippen molar-refractivity contribution in [3.63, 3.8) is 0 Å². The number of halogens is 3. The molecule has 0 aliphatic heterocycles. The van der Waals surface area contributed by atoms with Crippen molar-refractivity contribution in [2.24, 2.45) is 7.05 Å². The van der Waals surface area contributed by atoms with Crippen LogP contribution in [-0.2, 0) is 11.8 Å². The first-order valence-corrected chi connectivity index (χ1v) is 6.74. The monoisotopic (exact) mass is 344 g/mol. The molecule has 1 aromatic heterocycles. The van der Waals surface area contributed by atoms with E-state index in [1.807, 2.05) is 0 Å². The van der Waals surface area contributed by atoms with Crippen LogP contribution < -0.4 is 9.47 Å². The Morgan fingerprint density at radius 2 is 1.88 bits per heavy atom. The number of carbonyl (C=O) groups excluding carboxylic acids is 1. The highest BCUT2D eigenvalue weighted by molar-refractivity contribution is 5.90. The molecule has 0 N–H and O–H groups in total. The van der Waals surface area contributed by atoms with Gasteiger partial charge in [-0.15, -0.1) is 0 Å². The second-order valence-corrected chi connectivity index (χ2v) is 4.84. The molecule has 1 heterocycles. The molecule has 6 nitrogen and oxygen atoms in total. The molecule has 130 valence electrons. The molecular weight excluding hydrogens is 329 g/mol. The van der Waals surface area contributed by atoms with Crippen molar-refractivity contribution in [3.8, 4) is 11.5 Å². The highest BCUT2D eigenvalue weighted by atomic mass is 19.4. The van der Waals surface area contributed by atoms with Gasteiger partial charge < -0.3 is 14.2 Å². The van der Waals surface area contributed by atoms with Crippen molar-refractivity contribution in [2.75, 3.05) is 14.2 Å². The molecule has 0 radical (unpaired) electrons. The Morgan fingerprint density at radius 3 is 2.38 bits per heavy atom. The van der Waals surface area contributed by atoms with Crippen molar-refractivity contribution in [1.82, 2.24) is 9.78 Å². The number of benzene rings is 1. The summed E-state index contributed by atoms with van der Waals surface area (Å²) in [7, 11) is 4.21. The third-order valence-electron chi connectivity index (χ3n) is 3.17. The molecule has 0 bridgehead atoms. The zero-order chi connectivity index (χ0) is 17.9. The van der Waals surface area contributed by atoms with Gasteiger partial charge in [-0.25, -0.2) is 4.79 Å². The Bertz CT molecular complexity index is 728. The number of alkyl halides is 3. The fourth-order valence-electron chi connectivity index (χ4n) is 2.04. The van der Waals surface area contributed by atoms with E-state index >= 15 is 0 Å². The van der Waals surface area contributed by atoms with Gasteiger partial charge in [0, 0.05) is 18.8 Å². The number of hydrogen-bond acceptors (Lipinski definition) is 5. The molecule has 0 spiro atoms. The highest BCUT2D eigenvalue weighted by Gasteiger charge is 2.45. The lowest BCUT2D eigenvalue weighted by molar-refractivity contribution is -0.207. The van der Waals surface area contributed by atoms with Gasteiger partial charge in [-0.3, -0.25) is 4.68 Å². The molecule has 1 unspecified atom stereocenters. The maximum atomic E-state index is 13.2. The number of aromatic nitrogens is 2. The standard InChI is InChI=1S/C15H15F3N2O4/c1-20-8-10(7-19-20)13(15(16,17)18)24-14(21)9-4-5-11(22-2)12(6-9)23-3/h4-8,13H,1-3H3. The van der Waals surface area contributed by atoms with E-state index in [0.717, 1.165) is 12.4 Å². The first kappa shape index (κ1) is 17.6. The van der Waals surface area contributed by atoms with E-state index < -0.39 is 18.2 Å². The van der Waals surface area contributed by atoms with Crippen LogP contribution in [0.25, 0.3) is 0 Å². The van der Waals surface area contributed by atoms with E-state index in [9.17, 15) is 18.0 Å². The SMILES string of the molecule is COc1ccc(C(=O)OC(c2cnn(C)c2)C(F)(F)F)cc1OC. The van der Waals surface area contributed by atoms with Gasteiger partial charge in [-0.05, 0) is 18.2 Å². The summed E-state index contributed by atoms with van der Waals surface area (Å²) in [4.78, 5) is 12.1. The number of methoxy groups -OCH3 is 2. The van der Waals surface area contributed by atoms with Gasteiger partial charge in [0.05, 0.1) is 26.0 Å². The zero-order valence-corrected chi connectivity index (χ0v) is 13.1. The lowest BCUT2D eigenvalue weighted by atomic mass is 10.1. The van der Waals surface area contributed by atoms with Gasteiger partial charge in [-0.2, -0.15) is 18.3 Å². The fraction of sp³-hybridized carbons (Fsp3) is 0.333. The van der Waals surface area contributed by atoms with E-state index in [4.69, 9.17) is 9.47 Å². The summed E-state index contributed by atoms with van der Waals surface area (Å²) >= 11 is 0. The lowest BCUT2D eigenvalue weighted by Gasteiger charge is -2.19. The van der Waals surface area contributed by atoms with E-state index in [2.05, 4.69) is 9.84 Å². The van der Waals surface area contributed by atoms with Crippen molar-refractivity contribution in [2.45, 2.75) is 12.3 Å². The Kier molecular flexibility index (Phi) is 5.01. The van der Waals surface area contributed by atoms with E-state index in [1.54, 1.807) is 0 Å². The lowest BCUT2D eigenvalue weighted by Crippen LogP contribution is -2.26. The smallest absolute Gasteiger partial charge is 0.429 e. The Balaban J connectivity index is 2.28. The van der Waals surface area contributed by atoms with Crippen LogP contribution in [0.2, 0.25) is 0 Å². The van der Waals surface area contributed by atoms with Gasteiger partial charge in [0.1, 0.15) is 0 Å². The predicted molar refractivity (Wildman–Crippen MR) is 77.0 cm³/mol. The average Bonchev–Trinajstić information content (AvgIpc) is 2.96. The van der Waals surface area contributed by atoms with E-state index in [-0.39, 0.29) is 16.9 Å². The van der Waals surface area contributed by atoms with Crippen LogP contribution in [0, 0.1) is 0 Å². The zero-order valence-electron chi connectivity index (χ0n) is 13.1. The summed E-state index contributed by atoms with van der Waals surface area (Å²) in [5.41, 5.74) is -0.357. The van der Waals surface area contributed by atoms with Crippen LogP contribution in [0.3, 0.4) is 0 Å². The van der Waals surface area contributed by atoms with Crippen molar-refractivity contribution in [1.29, 1.82) is 0 Å². The second-order valence-electron chi connectivity index (χ2n) is 4.84.